The molecule has 1 amide bonds. The van der Waals surface area contributed by atoms with E-state index in [4.69, 9.17) is 9.47 Å². The molecule has 1 aliphatic rings. The van der Waals surface area contributed by atoms with Crippen LogP contribution < -0.4 is 0 Å². The molecule has 3 rings (SSSR count). The van der Waals surface area contributed by atoms with Crippen molar-refractivity contribution in [1.29, 1.82) is 0 Å². The Morgan fingerprint density at radius 2 is 1.94 bits per heavy atom. The van der Waals surface area contributed by atoms with Crippen LogP contribution in [0.4, 0.5) is 0 Å². The third kappa shape index (κ3) is 6.12. The Morgan fingerprint density at radius 3 is 2.56 bits per heavy atom. The summed E-state index contributed by atoms with van der Waals surface area (Å²) in [6.07, 6.45) is 3.54. The highest BCUT2D eigenvalue weighted by atomic mass is 32.2. The van der Waals surface area contributed by atoms with Gasteiger partial charge in [0.15, 0.2) is 11.0 Å². The third-order valence-corrected chi connectivity index (χ3v) is 8.41. The maximum Gasteiger partial charge on any atom is 0.233 e. The highest BCUT2D eigenvalue weighted by Gasteiger charge is 2.30. The number of carbonyl (C=O) groups is 1. The van der Waals surface area contributed by atoms with Crippen molar-refractivity contribution in [3.05, 3.63) is 16.5 Å². The molecule has 0 fully saturated rings. The van der Waals surface area contributed by atoms with Crippen molar-refractivity contribution >= 4 is 29.0 Å². The fourth-order valence-corrected chi connectivity index (χ4v) is 6.05. The molecule has 0 aromatic carbocycles. The number of aromatic nitrogens is 3. The van der Waals surface area contributed by atoms with Crippen LogP contribution in [0.2, 0.25) is 0 Å². The summed E-state index contributed by atoms with van der Waals surface area (Å²) in [6, 6.07) is 2.30. The summed E-state index contributed by atoms with van der Waals surface area (Å²) in [4.78, 5) is 17.1. The minimum atomic E-state index is 0.0495. The second kappa shape index (κ2) is 11.1. The molecule has 0 unspecified atom stereocenters. The summed E-state index contributed by atoms with van der Waals surface area (Å²) in [6.45, 7) is 9.15. The average molecular weight is 481 g/mol. The summed E-state index contributed by atoms with van der Waals surface area (Å²) in [5, 5.41) is 9.58. The van der Waals surface area contributed by atoms with Gasteiger partial charge < -0.3 is 18.9 Å². The van der Waals surface area contributed by atoms with Crippen LogP contribution in [0.25, 0.3) is 10.7 Å². The fourth-order valence-electron chi connectivity index (χ4n) is 4.01. The lowest BCUT2D eigenvalue weighted by Gasteiger charge is -2.33. The van der Waals surface area contributed by atoms with E-state index in [2.05, 4.69) is 37.0 Å². The number of aryl methyl sites for hydroxylation is 1. The third-order valence-electron chi connectivity index (χ3n) is 6.17. The van der Waals surface area contributed by atoms with Crippen LogP contribution in [0, 0.1) is 11.3 Å². The number of amides is 1. The molecule has 9 heteroatoms. The SMILES string of the molecule is COCCN(CCOC)C(=O)CSc1nnc(-c2cc3c(s2)CC[C@@H](C(C)(C)C)C3)n1C. The Morgan fingerprint density at radius 1 is 1.25 bits per heavy atom. The molecule has 0 bridgehead atoms. The smallest absolute Gasteiger partial charge is 0.233 e. The molecule has 32 heavy (non-hydrogen) atoms. The Balaban J connectivity index is 1.66. The predicted octanol–water partition coefficient (Wildman–Crippen LogP) is 3.91. The number of fused-ring (bicyclic) bond motifs is 1. The van der Waals surface area contributed by atoms with Gasteiger partial charge in [0.1, 0.15) is 0 Å². The van der Waals surface area contributed by atoms with E-state index in [1.54, 1.807) is 19.1 Å². The van der Waals surface area contributed by atoms with Gasteiger partial charge in [0.25, 0.3) is 0 Å². The maximum absolute atomic E-state index is 12.7. The van der Waals surface area contributed by atoms with Crippen molar-refractivity contribution in [2.24, 2.45) is 18.4 Å². The van der Waals surface area contributed by atoms with Crippen molar-refractivity contribution in [2.45, 2.75) is 45.2 Å². The predicted molar refractivity (Wildman–Crippen MR) is 130 cm³/mol. The first-order valence-corrected chi connectivity index (χ1v) is 12.9. The number of rotatable bonds is 10. The van der Waals surface area contributed by atoms with Gasteiger partial charge in [0.05, 0.1) is 23.8 Å². The summed E-state index contributed by atoms with van der Waals surface area (Å²) in [7, 11) is 5.26. The summed E-state index contributed by atoms with van der Waals surface area (Å²) in [5.41, 5.74) is 1.80. The molecule has 0 saturated carbocycles. The first kappa shape index (κ1) is 25.2. The Kier molecular flexibility index (Phi) is 8.77. The van der Waals surface area contributed by atoms with Crippen LogP contribution in [0.3, 0.4) is 0 Å². The number of nitrogens with zero attached hydrogens (tertiary/aromatic N) is 4. The van der Waals surface area contributed by atoms with Gasteiger partial charge in [-0.3, -0.25) is 4.79 Å². The van der Waals surface area contributed by atoms with E-state index in [-0.39, 0.29) is 5.91 Å². The molecule has 0 spiro atoms. The van der Waals surface area contributed by atoms with Gasteiger partial charge in [-0.2, -0.15) is 0 Å². The van der Waals surface area contributed by atoms with E-state index in [1.165, 1.54) is 33.5 Å². The Bertz CT molecular complexity index is 896. The normalized spacial score (nSPS) is 16.2. The lowest BCUT2D eigenvalue weighted by molar-refractivity contribution is -0.129. The van der Waals surface area contributed by atoms with E-state index >= 15 is 0 Å². The zero-order valence-electron chi connectivity index (χ0n) is 20.1. The van der Waals surface area contributed by atoms with Gasteiger partial charge in [-0.15, -0.1) is 21.5 Å². The van der Waals surface area contributed by atoms with E-state index in [0.29, 0.717) is 43.4 Å². The van der Waals surface area contributed by atoms with Crippen molar-refractivity contribution in [2.75, 3.05) is 46.3 Å². The first-order valence-electron chi connectivity index (χ1n) is 11.1. The Labute approximate surface area is 199 Å². The highest BCUT2D eigenvalue weighted by molar-refractivity contribution is 7.99. The highest BCUT2D eigenvalue weighted by Crippen LogP contribution is 2.42. The summed E-state index contributed by atoms with van der Waals surface area (Å²) >= 11 is 3.27. The van der Waals surface area contributed by atoms with Crippen LogP contribution in [-0.2, 0) is 34.2 Å². The number of carbonyl (C=O) groups excluding carboxylic acids is 1. The van der Waals surface area contributed by atoms with Gasteiger partial charge in [-0.05, 0) is 42.2 Å². The van der Waals surface area contributed by atoms with E-state index in [9.17, 15) is 4.79 Å². The van der Waals surface area contributed by atoms with Gasteiger partial charge in [-0.25, -0.2) is 0 Å². The molecule has 0 saturated heterocycles. The number of thioether (sulfide) groups is 1. The quantitative estimate of drug-likeness (QED) is 0.480. The lowest BCUT2D eigenvalue weighted by Crippen LogP contribution is -2.37. The van der Waals surface area contributed by atoms with E-state index in [0.717, 1.165) is 23.8 Å². The second-order valence-electron chi connectivity index (χ2n) is 9.39. The first-order chi connectivity index (χ1) is 15.2. The van der Waals surface area contributed by atoms with Crippen LogP contribution in [-0.4, -0.2) is 71.8 Å². The number of methoxy groups -OCH3 is 2. The number of hydrogen-bond donors (Lipinski definition) is 0. The standard InChI is InChI=1S/C23H36N4O3S2/c1-23(2,3)17-7-8-18-16(13-17)14-19(32-18)21-24-25-22(26(21)4)31-15-20(28)27(9-11-29-5)10-12-30-6/h14,17H,7-13,15H2,1-6H3/t17-/m1/s1. The minimum Gasteiger partial charge on any atom is -0.383 e. The number of hydrogen-bond acceptors (Lipinski definition) is 7. The largest absolute Gasteiger partial charge is 0.383 e. The summed E-state index contributed by atoms with van der Waals surface area (Å²) in [5.74, 6) is 1.96. The van der Waals surface area contributed by atoms with Crippen LogP contribution in [0.5, 0.6) is 0 Å². The number of ether oxygens (including phenoxy) is 2. The molecule has 1 aliphatic carbocycles. The summed E-state index contributed by atoms with van der Waals surface area (Å²) < 4.78 is 12.3. The van der Waals surface area contributed by atoms with Crippen molar-refractivity contribution in [3.8, 4) is 10.7 Å². The van der Waals surface area contributed by atoms with Crippen molar-refractivity contribution < 1.29 is 14.3 Å². The second-order valence-corrected chi connectivity index (χ2v) is 11.5. The topological polar surface area (TPSA) is 69.5 Å². The van der Waals surface area contributed by atoms with Crippen LogP contribution in [0.1, 0.15) is 37.6 Å². The van der Waals surface area contributed by atoms with Gasteiger partial charge in [0.2, 0.25) is 5.91 Å². The minimum absolute atomic E-state index is 0.0495. The lowest BCUT2D eigenvalue weighted by atomic mass is 9.72. The monoisotopic (exact) mass is 480 g/mol. The van der Waals surface area contributed by atoms with Crippen molar-refractivity contribution in [1.82, 2.24) is 19.7 Å². The molecular formula is C23H36N4O3S2. The Hall–Kier alpha value is -1.42. The molecule has 7 nitrogen and oxygen atoms in total. The molecule has 178 valence electrons. The van der Waals surface area contributed by atoms with Gasteiger partial charge in [0, 0.05) is 39.2 Å². The molecule has 2 heterocycles. The average Bonchev–Trinajstić information content (AvgIpc) is 3.33. The van der Waals surface area contributed by atoms with Crippen LogP contribution >= 0.6 is 23.1 Å². The van der Waals surface area contributed by atoms with Gasteiger partial charge in [-0.1, -0.05) is 32.5 Å². The van der Waals surface area contributed by atoms with Gasteiger partial charge >= 0.3 is 0 Å². The zero-order chi connectivity index (χ0) is 23.3. The van der Waals surface area contributed by atoms with Crippen molar-refractivity contribution in [3.63, 3.8) is 0 Å². The number of thiophene rings is 1. The molecule has 0 aliphatic heterocycles. The van der Waals surface area contributed by atoms with E-state index in [1.807, 2.05) is 23.0 Å². The molecule has 0 N–H and O–H groups in total. The van der Waals surface area contributed by atoms with E-state index < -0.39 is 0 Å². The molecular weight excluding hydrogens is 444 g/mol. The zero-order valence-corrected chi connectivity index (χ0v) is 21.8. The fraction of sp³-hybridized carbons (Fsp3) is 0.696. The molecule has 2 aromatic heterocycles. The molecule has 0 radical (unpaired) electrons. The molecule has 1 atom stereocenters. The van der Waals surface area contributed by atoms with Crippen LogP contribution in [0.15, 0.2) is 11.2 Å². The maximum atomic E-state index is 12.7. The molecule has 2 aromatic rings.